The average Bonchev–Trinajstić information content (AvgIpc) is 2.73. The molecular weight excluding hydrogens is 234 g/mol. The number of anilines is 1. The highest BCUT2D eigenvalue weighted by molar-refractivity contribution is 7.22. The summed E-state index contributed by atoms with van der Waals surface area (Å²) in [5, 5.41) is 12.2. The summed E-state index contributed by atoms with van der Waals surface area (Å²) in [6.45, 7) is 6.06. The molecule has 4 nitrogen and oxygen atoms in total. The second-order valence-corrected chi connectivity index (χ2v) is 4.17. The minimum absolute atomic E-state index is 0.533. The number of fused-ring (bicyclic) bond motifs is 1. The van der Waals surface area contributed by atoms with Crippen molar-refractivity contribution >= 4 is 32.9 Å². The van der Waals surface area contributed by atoms with Crippen LogP contribution in [-0.2, 0) is 6.42 Å². The van der Waals surface area contributed by atoms with Gasteiger partial charge in [-0.05, 0) is 18.1 Å². The van der Waals surface area contributed by atoms with Crippen molar-refractivity contribution in [3.8, 4) is 0 Å². The van der Waals surface area contributed by atoms with Crippen molar-refractivity contribution in [1.82, 2.24) is 4.98 Å². The third-order valence-electron chi connectivity index (χ3n) is 2.27. The molecule has 92 valence electrons. The number of hydrogen-bond donors (Lipinski definition) is 2. The maximum absolute atomic E-state index is 8.63. The third kappa shape index (κ3) is 2.74. The molecule has 0 saturated carbocycles. The molecule has 0 bridgehead atoms. The molecule has 0 unspecified atom stereocenters. The zero-order valence-corrected chi connectivity index (χ0v) is 11.1. The van der Waals surface area contributed by atoms with Gasteiger partial charge in [-0.1, -0.05) is 43.3 Å². The molecular formula is C12H17N3OS. The molecule has 0 radical (unpaired) electrons. The smallest absolute Gasteiger partial charge is 0.181 e. The van der Waals surface area contributed by atoms with Crippen LogP contribution in [0, 0.1) is 0 Å². The molecule has 0 amide bonds. The Balaban J connectivity index is 0.000000686. The molecule has 0 spiro atoms. The number of aryl methyl sites for hydroxylation is 1. The zero-order chi connectivity index (χ0) is 12.8. The summed E-state index contributed by atoms with van der Waals surface area (Å²) in [5.74, 6) is 0. The van der Waals surface area contributed by atoms with E-state index < -0.39 is 0 Å². The molecule has 0 saturated heterocycles. The van der Waals surface area contributed by atoms with Gasteiger partial charge in [-0.3, -0.25) is 0 Å². The van der Waals surface area contributed by atoms with Crippen molar-refractivity contribution < 1.29 is 5.21 Å². The highest BCUT2D eigenvalue weighted by atomic mass is 32.1. The molecule has 2 rings (SSSR count). The molecule has 5 heteroatoms. The summed E-state index contributed by atoms with van der Waals surface area (Å²) < 4.78 is 0.977. The van der Waals surface area contributed by atoms with Gasteiger partial charge in [-0.2, -0.15) is 0 Å². The lowest BCUT2D eigenvalue weighted by Crippen LogP contribution is -1.91. The van der Waals surface area contributed by atoms with E-state index in [0.29, 0.717) is 5.13 Å². The van der Waals surface area contributed by atoms with Crippen LogP contribution in [-0.4, -0.2) is 16.4 Å². The van der Waals surface area contributed by atoms with E-state index in [1.807, 2.05) is 26.0 Å². The second-order valence-electron chi connectivity index (χ2n) is 3.14. The summed E-state index contributed by atoms with van der Waals surface area (Å²) in [6, 6.07) is 3.92. The molecule has 2 aromatic rings. The molecule has 1 heterocycles. The van der Waals surface area contributed by atoms with Crippen molar-refractivity contribution in [2.75, 3.05) is 5.73 Å². The van der Waals surface area contributed by atoms with Gasteiger partial charge in [0.1, 0.15) is 0 Å². The van der Waals surface area contributed by atoms with Gasteiger partial charge in [-0.25, -0.2) is 4.98 Å². The van der Waals surface area contributed by atoms with Gasteiger partial charge in [0.25, 0.3) is 0 Å². The largest absolute Gasteiger partial charge is 0.411 e. The van der Waals surface area contributed by atoms with Gasteiger partial charge < -0.3 is 10.9 Å². The minimum atomic E-state index is 0.533. The number of rotatable bonds is 2. The quantitative estimate of drug-likeness (QED) is 0.489. The Morgan fingerprint density at radius 2 is 2.18 bits per heavy atom. The van der Waals surface area contributed by atoms with E-state index in [2.05, 4.69) is 17.1 Å². The summed E-state index contributed by atoms with van der Waals surface area (Å²) >= 11 is 1.41. The number of hydrogen-bond acceptors (Lipinski definition) is 5. The molecule has 1 aromatic heterocycles. The van der Waals surface area contributed by atoms with Gasteiger partial charge in [0.05, 0.1) is 16.4 Å². The van der Waals surface area contributed by atoms with Crippen molar-refractivity contribution in [2.24, 2.45) is 5.16 Å². The predicted molar refractivity (Wildman–Crippen MR) is 74.1 cm³/mol. The highest BCUT2D eigenvalue weighted by Gasteiger charge is 2.08. The number of oxime groups is 1. The van der Waals surface area contributed by atoms with Crippen LogP contribution in [0.5, 0.6) is 0 Å². The number of nitrogens with two attached hydrogens (primary N) is 1. The first-order valence-corrected chi connectivity index (χ1v) is 6.43. The lowest BCUT2D eigenvalue weighted by molar-refractivity contribution is 0.322. The minimum Gasteiger partial charge on any atom is -0.411 e. The predicted octanol–water partition coefficient (Wildman–Crippen LogP) is 3.28. The molecule has 0 aliphatic heterocycles. The van der Waals surface area contributed by atoms with Crippen LogP contribution in [0.4, 0.5) is 5.13 Å². The zero-order valence-electron chi connectivity index (χ0n) is 10.3. The van der Waals surface area contributed by atoms with Gasteiger partial charge in [0.2, 0.25) is 0 Å². The van der Waals surface area contributed by atoms with Gasteiger partial charge in [0.15, 0.2) is 5.13 Å². The molecule has 0 fully saturated rings. The van der Waals surface area contributed by atoms with Crippen LogP contribution < -0.4 is 5.73 Å². The Hall–Kier alpha value is -1.62. The molecule has 1 aromatic carbocycles. The molecule has 0 aliphatic carbocycles. The summed E-state index contributed by atoms with van der Waals surface area (Å²) in [7, 11) is 0. The van der Waals surface area contributed by atoms with Gasteiger partial charge in [-0.15, -0.1) is 0 Å². The van der Waals surface area contributed by atoms with E-state index in [4.69, 9.17) is 10.9 Å². The van der Waals surface area contributed by atoms with Gasteiger partial charge in [0, 0.05) is 5.56 Å². The van der Waals surface area contributed by atoms with E-state index in [1.165, 1.54) is 17.6 Å². The van der Waals surface area contributed by atoms with E-state index in [9.17, 15) is 0 Å². The summed E-state index contributed by atoms with van der Waals surface area (Å²) in [6.07, 6.45) is 2.33. The lowest BCUT2D eigenvalue weighted by atomic mass is 10.1. The summed E-state index contributed by atoms with van der Waals surface area (Å²) in [4.78, 5) is 4.18. The number of benzene rings is 1. The first kappa shape index (κ1) is 13.4. The van der Waals surface area contributed by atoms with Gasteiger partial charge >= 0.3 is 0 Å². The van der Waals surface area contributed by atoms with Crippen molar-refractivity contribution in [3.63, 3.8) is 0 Å². The SMILES string of the molecule is CC.CCc1ccc2nc(N)sc2c1/C=N/O. The van der Waals surface area contributed by atoms with E-state index >= 15 is 0 Å². The fraction of sp³-hybridized carbons (Fsp3) is 0.333. The van der Waals surface area contributed by atoms with Crippen molar-refractivity contribution in [1.29, 1.82) is 0 Å². The first-order chi connectivity index (χ1) is 8.26. The maximum atomic E-state index is 8.63. The molecule has 3 N–H and O–H groups in total. The van der Waals surface area contributed by atoms with E-state index in [0.717, 1.165) is 27.8 Å². The van der Waals surface area contributed by atoms with Crippen molar-refractivity contribution in [2.45, 2.75) is 27.2 Å². The molecule has 17 heavy (non-hydrogen) atoms. The van der Waals surface area contributed by atoms with E-state index in [-0.39, 0.29) is 0 Å². The highest BCUT2D eigenvalue weighted by Crippen LogP contribution is 2.28. The van der Waals surface area contributed by atoms with Crippen LogP contribution in [0.15, 0.2) is 17.3 Å². The third-order valence-corrected chi connectivity index (χ3v) is 3.20. The second kappa shape index (κ2) is 6.20. The van der Waals surface area contributed by atoms with Crippen molar-refractivity contribution in [3.05, 3.63) is 23.3 Å². The Bertz CT molecular complexity index is 520. The first-order valence-electron chi connectivity index (χ1n) is 5.61. The van der Waals surface area contributed by atoms with Crippen LogP contribution in [0.1, 0.15) is 31.9 Å². The normalized spacial score (nSPS) is 10.5. The van der Waals surface area contributed by atoms with Crippen LogP contribution in [0.25, 0.3) is 10.2 Å². The Morgan fingerprint density at radius 1 is 1.47 bits per heavy atom. The average molecular weight is 251 g/mol. The maximum Gasteiger partial charge on any atom is 0.181 e. The standard InChI is InChI=1S/C10H11N3OS.C2H6/c1-2-6-3-4-8-9(7(6)5-12-14)15-10(11)13-8;1-2/h3-5,14H,2H2,1H3,(H2,11,13);1-2H3/b12-5+;. The summed E-state index contributed by atoms with van der Waals surface area (Å²) in [5.41, 5.74) is 8.54. The van der Waals surface area contributed by atoms with Crippen LogP contribution in [0.2, 0.25) is 0 Å². The molecule has 0 atom stereocenters. The number of aromatic nitrogens is 1. The topological polar surface area (TPSA) is 71.5 Å². The van der Waals surface area contributed by atoms with E-state index in [1.54, 1.807) is 0 Å². The molecule has 0 aliphatic rings. The fourth-order valence-corrected chi connectivity index (χ4v) is 2.44. The number of nitrogens with zero attached hydrogens (tertiary/aromatic N) is 2. The fourth-order valence-electron chi connectivity index (χ4n) is 1.58. The Kier molecular flexibility index (Phi) is 4.90. The lowest BCUT2D eigenvalue weighted by Gasteiger charge is -2.02. The monoisotopic (exact) mass is 251 g/mol. The Morgan fingerprint density at radius 3 is 2.76 bits per heavy atom. The number of nitrogen functional groups attached to an aromatic ring is 1. The van der Waals surface area contributed by atoms with Crippen LogP contribution >= 0.6 is 11.3 Å². The Labute approximate surface area is 105 Å². The van der Waals surface area contributed by atoms with Crippen LogP contribution in [0.3, 0.4) is 0 Å². The number of thiazole rings is 1.